The first-order valence-corrected chi connectivity index (χ1v) is 11.7. The zero-order valence-corrected chi connectivity index (χ0v) is 19.3. The van der Waals surface area contributed by atoms with Crippen molar-refractivity contribution in [3.8, 4) is 11.3 Å². The van der Waals surface area contributed by atoms with E-state index in [4.69, 9.17) is 9.97 Å². The summed E-state index contributed by atoms with van der Waals surface area (Å²) in [7, 11) is 1.88. The lowest BCUT2D eigenvalue weighted by Gasteiger charge is -2.32. The SMILES string of the molecule is Cc1nn(C)c2nc(-c3ccccc3)cc(C(=O)N3CCCC(c4nc5ccccc5[nH]4)C3)c12. The minimum atomic E-state index is 0.0292. The molecule has 1 unspecified atom stereocenters. The summed E-state index contributed by atoms with van der Waals surface area (Å²) in [4.78, 5) is 29.0. The van der Waals surface area contributed by atoms with Crippen LogP contribution >= 0.6 is 0 Å². The van der Waals surface area contributed by atoms with Gasteiger partial charge in [0.05, 0.1) is 33.4 Å². The van der Waals surface area contributed by atoms with Crippen LogP contribution in [0.5, 0.6) is 0 Å². The van der Waals surface area contributed by atoms with Gasteiger partial charge in [-0.25, -0.2) is 9.97 Å². The Labute approximate surface area is 197 Å². The van der Waals surface area contributed by atoms with E-state index in [-0.39, 0.29) is 11.8 Å². The van der Waals surface area contributed by atoms with Crippen LogP contribution in [0, 0.1) is 6.92 Å². The molecule has 0 radical (unpaired) electrons. The molecule has 6 rings (SSSR count). The number of nitrogens with zero attached hydrogens (tertiary/aromatic N) is 5. The van der Waals surface area contributed by atoms with Crippen molar-refractivity contribution in [3.63, 3.8) is 0 Å². The van der Waals surface area contributed by atoms with Crippen LogP contribution in [-0.2, 0) is 7.05 Å². The normalized spacial score (nSPS) is 16.4. The molecule has 7 nitrogen and oxygen atoms in total. The predicted octanol–water partition coefficient (Wildman–Crippen LogP) is 4.84. The summed E-state index contributed by atoms with van der Waals surface area (Å²) in [5.74, 6) is 1.17. The monoisotopic (exact) mass is 450 g/mol. The van der Waals surface area contributed by atoms with Gasteiger partial charge in [-0.3, -0.25) is 9.48 Å². The molecule has 0 spiro atoms. The molecule has 1 aliphatic rings. The summed E-state index contributed by atoms with van der Waals surface area (Å²) < 4.78 is 1.77. The average molecular weight is 451 g/mol. The predicted molar refractivity (Wildman–Crippen MR) is 133 cm³/mol. The van der Waals surface area contributed by atoms with Crippen LogP contribution in [0.2, 0.25) is 0 Å². The molecule has 1 N–H and O–H groups in total. The van der Waals surface area contributed by atoms with Crippen molar-refractivity contribution in [1.29, 1.82) is 0 Å². The molecule has 1 aliphatic heterocycles. The number of carbonyl (C=O) groups is 1. The minimum absolute atomic E-state index is 0.0292. The number of para-hydroxylation sites is 2. The lowest BCUT2D eigenvalue weighted by Crippen LogP contribution is -2.39. The summed E-state index contributed by atoms with van der Waals surface area (Å²) in [6.45, 7) is 3.32. The second-order valence-electron chi connectivity index (χ2n) is 9.06. The quantitative estimate of drug-likeness (QED) is 0.427. The van der Waals surface area contributed by atoms with E-state index in [2.05, 4.69) is 10.1 Å². The minimum Gasteiger partial charge on any atom is -0.342 e. The molecule has 7 heteroatoms. The smallest absolute Gasteiger partial charge is 0.254 e. The first kappa shape index (κ1) is 20.6. The Bertz CT molecular complexity index is 1480. The van der Waals surface area contributed by atoms with E-state index in [1.165, 1.54) is 0 Å². The zero-order valence-electron chi connectivity index (χ0n) is 19.3. The molecular formula is C27H26N6O. The van der Waals surface area contributed by atoms with E-state index in [9.17, 15) is 4.79 Å². The highest BCUT2D eigenvalue weighted by Gasteiger charge is 2.29. The number of carbonyl (C=O) groups excluding carboxylic acids is 1. The maximum absolute atomic E-state index is 13.9. The molecule has 0 saturated carbocycles. The fourth-order valence-electron chi connectivity index (χ4n) is 5.09. The van der Waals surface area contributed by atoms with Gasteiger partial charge in [-0.1, -0.05) is 42.5 Å². The number of imidazole rings is 1. The molecule has 2 aromatic carbocycles. The third-order valence-electron chi connectivity index (χ3n) is 6.77. The van der Waals surface area contributed by atoms with Gasteiger partial charge in [0.2, 0.25) is 0 Å². The first-order chi connectivity index (χ1) is 16.6. The highest BCUT2D eigenvalue weighted by Crippen LogP contribution is 2.31. The van der Waals surface area contributed by atoms with Gasteiger partial charge in [-0.05, 0) is 38.0 Å². The van der Waals surface area contributed by atoms with Gasteiger partial charge < -0.3 is 9.88 Å². The number of piperidine rings is 1. The van der Waals surface area contributed by atoms with Crippen molar-refractivity contribution in [2.75, 3.05) is 13.1 Å². The maximum atomic E-state index is 13.9. The summed E-state index contributed by atoms with van der Waals surface area (Å²) in [6, 6.07) is 20.0. The Morgan fingerprint density at radius 2 is 1.85 bits per heavy atom. The van der Waals surface area contributed by atoms with E-state index < -0.39 is 0 Å². The third kappa shape index (κ3) is 3.44. The molecular weight excluding hydrogens is 424 g/mol. The number of nitrogens with one attached hydrogen (secondary N) is 1. The van der Waals surface area contributed by atoms with E-state index in [1.807, 2.05) is 79.5 Å². The third-order valence-corrected chi connectivity index (χ3v) is 6.77. The Balaban J connectivity index is 1.38. The summed E-state index contributed by atoms with van der Waals surface area (Å²) in [5, 5.41) is 5.40. The van der Waals surface area contributed by atoms with Crippen LogP contribution in [0.15, 0.2) is 60.7 Å². The molecule has 34 heavy (non-hydrogen) atoms. The van der Waals surface area contributed by atoms with E-state index in [0.717, 1.165) is 64.2 Å². The van der Waals surface area contributed by atoms with Crippen molar-refractivity contribution in [1.82, 2.24) is 29.6 Å². The number of aromatic amines is 1. The van der Waals surface area contributed by atoms with Crippen LogP contribution in [-0.4, -0.2) is 48.6 Å². The number of aryl methyl sites for hydroxylation is 2. The molecule has 0 aliphatic carbocycles. The Morgan fingerprint density at radius 3 is 2.68 bits per heavy atom. The molecule has 3 aromatic heterocycles. The van der Waals surface area contributed by atoms with E-state index >= 15 is 0 Å². The number of rotatable bonds is 3. The van der Waals surface area contributed by atoms with Crippen molar-refractivity contribution >= 4 is 28.0 Å². The molecule has 1 atom stereocenters. The lowest BCUT2D eigenvalue weighted by molar-refractivity contribution is 0.0707. The number of fused-ring (bicyclic) bond motifs is 2. The number of benzene rings is 2. The molecule has 1 amide bonds. The molecule has 5 aromatic rings. The van der Waals surface area contributed by atoms with Crippen LogP contribution in [0.3, 0.4) is 0 Å². The van der Waals surface area contributed by atoms with Gasteiger partial charge in [0.25, 0.3) is 5.91 Å². The number of amides is 1. The number of pyridine rings is 1. The largest absolute Gasteiger partial charge is 0.342 e. The van der Waals surface area contributed by atoms with Crippen LogP contribution < -0.4 is 0 Å². The number of aromatic nitrogens is 5. The summed E-state index contributed by atoms with van der Waals surface area (Å²) in [5.41, 5.74) is 5.98. The maximum Gasteiger partial charge on any atom is 0.254 e. The fourth-order valence-corrected chi connectivity index (χ4v) is 5.09. The van der Waals surface area contributed by atoms with Gasteiger partial charge in [0.1, 0.15) is 5.82 Å². The van der Waals surface area contributed by atoms with Crippen molar-refractivity contribution in [2.24, 2.45) is 7.05 Å². The molecule has 4 heterocycles. The van der Waals surface area contributed by atoms with E-state index in [1.54, 1.807) is 4.68 Å². The van der Waals surface area contributed by atoms with Gasteiger partial charge >= 0.3 is 0 Å². The molecule has 0 bridgehead atoms. The van der Waals surface area contributed by atoms with Crippen molar-refractivity contribution < 1.29 is 4.79 Å². The van der Waals surface area contributed by atoms with Gasteiger partial charge in [-0.2, -0.15) is 5.10 Å². The molecule has 170 valence electrons. The van der Waals surface area contributed by atoms with Gasteiger partial charge in [0, 0.05) is 31.6 Å². The van der Waals surface area contributed by atoms with Crippen LogP contribution in [0.25, 0.3) is 33.3 Å². The second kappa shape index (κ2) is 8.09. The number of hydrogen-bond acceptors (Lipinski definition) is 4. The molecule has 1 saturated heterocycles. The summed E-state index contributed by atoms with van der Waals surface area (Å²) in [6.07, 6.45) is 1.95. The van der Waals surface area contributed by atoms with Gasteiger partial charge in [-0.15, -0.1) is 0 Å². The number of hydrogen-bond donors (Lipinski definition) is 1. The van der Waals surface area contributed by atoms with Crippen molar-refractivity contribution in [3.05, 3.63) is 77.7 Å². The second-order valence-corrected chi connectivity index (χ2v) is 9.06. The highest BCUT2D eigenvalue weighted by molar-refractivity contribution is 6.07. The zero-order chi connectivity index (χ0) is 23.2. The first-order valence-electron chi connectivity index (χ1n) is 11.7. The Kier molecular flexibility index (Phi) is 4.90. The summed E-state index contributed by atoms with van der Waals surface area (Å²) >= 11 is 0. The average Bonchev–Trinajstić information content (AvgIpc) is 3.44. The standard InChI is InChI=1S/C27H26N6O/c1-17-24-20(15-23(18-9-4-3-5-10-18)30-26(24)32(2)31-17)27(34)33-14-8-11-19(16-33)25-28-21-12-6-7-13-22(21)29-25/h3-7,9-10,12-13,15,19H,8,11,14,16H2,1-2H3,(H,28,29). The highest BCUT2D eigenvalue weighted by atomic mass is 16.2. The lowest BCUT2D eigenvalue weighted by atomic mass is 9.96. The molecule has 1 fully saturated rings. The van der Waals surface area contributed by atoms with Crippen molar-refractivity contribution in [2.45, 2.75) is 25.7 Å². The fraction of sp³-hybridized carbons (Fsp3) is 0.259. The Hall–Kier alpha value is -4.00. The van der Waals surface area contributed by atoms with Crippen LogP contribution in [0.4, 0.5) is 0 Å². The Morgan fingerprint density at radius 1 is 1.06 bits per heavy atom. The van der Waals surface area contributed by atoms with Gasteiger partial charge in [0.15, 0.2) is 5.65 Å². The number of likely N-dealkylation sites (tertiary alicyclic amines) is 1. The number of H-pyrrole nitrogens is 1. The topological polar surface area (TPSA) is 79.7 Å². The van der Waals surface area contributed by atoms with Crippen LogP contribution in [0.1, 0.15) is 40.6 Å². The van der Waals surface area contributed by atoms with E-state index in [0.29, 0.717) is 12.1 Å².